The van der Waals surface area contributed by atoms with Gasteiger partial charge in [-0.1, -0.05) is 122 Å². The van der Waals surface area contributed by atoms with Crippen molar-refractivity contribution in [3.05, 3.63) is 29.8 Å². The third-order valence-electron chi connectivity index (χ3n) is 6.89. The lowest BCUT2D eigenvalue weighted by Gasteiger charge is -2.26. The van der Waals surface area contributed by atoms with Crippen molar-refractivity contribution in [1.29, 1.82) is 0 Å². The van der Waals surface area contributed by atoms with Crippen LogP contribution in [0.5, 0.6) is 0 Å². The molecule has 0 aliphatic carbocycles. The summed E-state index contributed by atoms with van der Waals surface area (Å²) in [5.74, 6) is 0.896. The molecule has 1 aromatic rings. The number of rotatable bonds is 18. The van der Waals surface area contributed by atoms with E-state index in [2.05, 4.69) is 43.0 Å². The number of para-hydroxylation sites is 1. The monoisotopic (exact) mass is 399 g/mol. The van der Waals surface area contributed by atoms with Crippen LogP contribution in [0.15, 0.2) is 24.3 Å². The van der Waals surface area contributed by atoms with Crippen molar-refractivity contribution in [2.45, 2.75) is 123 Å². The second-order valence-electron chi connectivity index (χ2n) is 9.51. The van der Waals surface area contributed by atoms with Crippen LogP contribution in [0.2, 0.25) is 0 Å². The standard InChI is InChI=1S/C28H49N/c1-3-5-7-9-11-12-14-16-20-26(19-15-13-10-8-6-4-2)25-29-24-23-27-21-17-18-22-28(27)29/h17-18,21-22,26H,3-16,19-20,23-25H2,1-2H3. The number of fused-ring (bicyclic) bond motifs is 1. The smallest absolute Gasteiger partial charge is 0.0399 e. The number of anilines is 1. The lowest BCUT2D eigenvalue weighted by atomic mass is 9.93. The maximum atomic E-state index is 2.70. The number of nitrogens with zero attached hydrogens (tertiary/aromatic N) is 1. The van der Waals surface area contributed by atoms with E-state index in [0.29, 0.717) is 0 Å². The van der Waals surface area contributed by atoms with Crippen molar-refractivity contribution in [2.24, 2.45) is 5.92 Å². The molecule has 1 aliphatic heterocycles. The average molecular weight is 400 g/mol. The van der Waals surface area contributed by atoms with Crippen LogP contribution in [0.3, 0.4) is 0 Å². The van der Waals surface area contributed by atoms with Gasteiger partial charge in [-0.25, -0.2) is 0 Å². The maximum Gasteiger partial charge on any atom is 0.0399 e. The minimum atomic E-state index is 0.896. The van der Waals surface area contributed by atoms with Gasteiger partial charge >= 0.3 is 0 Å². The minimum absolute atomic E-state index is 0.896. The van der Waals surface area contributed by atoms with Crippen LogP contribution in [0.25, 0.3) is 0 Å². The average Bonchev–Trinajstić information content (AvgIpc) is 3.15. The van der Waals surface area contributed by atoms with Crippen molar-refractivity contribution in [3.63, 3.8) is 0 Å². The first kappa shape index (κ1) is 24.3. The fourth-order valence-electron chi connectivity index (χ4n) is 5.02. The van der Waals surface area contributed by atoms with E-state index in [-0.39, 0.29) is 0 Å². The molecule has 29 heavy (non-hydrogen) atoms. The Kier molecular flexibility index (Phi) is 13.2. The zero-order valence-corrected chi connectivity index (χ0v) is 19.8. The quantitative estimate of drug-likeness (QED) is 0.223. The molecule has 1 heterocycles. The first-order valence-electron chi connectivity index (χ1n) is 13.2. The summed E-state index contributed by atoms with van der Waals surface area (Å²) in [5.41, 5.74) is 3.09. The number of benzene rings is 1. The highest BCUT2D eigenvalue weighted by molar-refractivity contribution is 5.57. The highest BCUT2D eigenvalue weighted by atomic mass is 15.1. The Morgan fingerprint density at radius 1 is 0.690 bits per heavy atom. The summed E-state index contributed by atoms with van der Waals surface area (Å²) >= 11 is 0. The molecule has 2 rings (SSSR count). The number of hydrogen-bond donors (Lipinski definition) is 0. The first-order valence-corrected chi connectivity index (χ1v) is 13.2. The van der Waals surface area contributed by atoms with Crippen LogP contribution in [0.1, 0.15) is 122 Å². The van der Waals surface area contributed by atoms with E-state index in [0.717, 1.165) is 5.92 Å². The van der Waals surface area contributed by atoms with Crippen LogP contribution in [-0.4, -0.2) is 13.1 Å². The van der Waals surface area contributed by atoms with Gasteiger partial charge in [0.05, 0.1) is 0 Å². The molecule has 0 saturated carbocycles. The minimum Gasteiger partial charge on any atom is -0.371 e. The third-order valence-corrected chi connectivity index (χ3v) is 6.89. The predicted octanol–water partition coefficient (Wildman–Crippen LogP) is 8.95. The summed E-state index contributed by atoms with van der Waals surface area (Å²) in [5, 5.41) is 0. The molecule has 0 bridgehead atoms. The summed E-state index contributed by atoms with van der Waals surface area (Å²) in [6, 6.07) is 9.10. The Balaban J connectivity index is 1.70. The van der Waals surface area contributed by atoms with Crippen LogP contribution in [0, 0.1) is 5.92 Å². The van der Waals surface area contributed by atoms with E-state index in [1.165, 1.54) is 128 Å². The summed E-state index contributed by atoms with van der Waals surface area (Å²) in [6.45, 7) is 7.16. The van der Waals surface area contributed by atoms with Crippen molar-refractivity contribution in [1.82, 2.24) is 0 Å². The predicted molar refractivity (Wildman–Crippen MR) is 131 cm³/mol. The third kappa shape index (κ3) is 10.1. The van der Waals surface area contributed by atoms with Crippen LogP contribution < -0.4 is 4.90 Å². The van der Waals surface area contributed by atoms with Gasteiger partial charge in [0.25, 0.3) is 0 Å². The van der Waals surface area contributed by atoms with E-state index in [1.807, 2.05) is 0 Å². The SMILES string of the molecule is CCCCCCCCCCC(CCCCCCCC)CN1CCc2ccccc21. The molecule has 0 amide bonds. The second-order valence-corrected chi connectivity index (χ2v) is 9.51. The van der Waals surface area contributed by atoms with Crippen molar-refractivity contribution >= 4 is 5.69 Å². The van der Waals surface area contributed by atoms with E-state index in [1.54, 1.807) is 5.56 Å². The van der Waals surface area contributed by atoms with Gasteiger partial charge in [-0.15, -0.1) is 0 Å². The largest absolute Gasteiger partial charge is 0.371 e. The van der Waals surface area contributed by atoms with Crippen LogP contribution in [-0.2, 0) is 6.42 Å². The molecule has 0 fully saturated rings. The molecule has 0 aromatic heterocycles. The molecule has 166 valence electrons. The first-order chi connectivity index (χ1) is 14.3. The summed E-state index contributed by atoms with van der Waals surface area (Å²) in [7, 11) is 0. The zero-order chi connectivity index (χ0) is 20.6. The molecule has 0 N–H and O–H groups in total. The van der Waals surface area contributed by atoms with Gasteiger partial charge in [-0.2, -0.15) is 0 Å². The van der Waals surface area contributed by atoms with E-state index >= 15 is 0 Å². The topological polar surface area (TPSA) is 3.24 Å². The molecule has 1 atom stereocenters. The molecule has 1 aliphatic rings. The highest BCUT2D eigenvalue weighted by Crippen LogP contribution is 2.30. The van der Waals surface area contributed by atoms with Crippen molar-refractivity contribution < 1.29 is 0 Å². The lowest BCUT2D eigenvalue weighted by molar-refractivity contribution is 0.402. The maximum absolute atomic E-state index is 2.70. The Bertz CT molecular complexity index is 509. The Morgan fingerprint density at radius 2 is 1.21 bits per heavy atom. The molecule has 1 unspecified atom stereocenters. The van der Waals surface area contributed by atoms with Crippen LogP contribution >= 0.6 is 0 Å². The Morgan fingerprint density at radius 3 is 1.79 bits per heavy atom. The fourth-order valence-corrected chi connectivity index (χ4v) is 5.02. The number of hydrogen-bond acceptors (Lipinski definition) is 1. The Labute approximate surface area is 182 Å². The van der Waals surface area contributed by atoms with Gasteiger partial charge in [0.15, 0.2) is 0 Å². The summed E-state index contributed by atoms with van der Waals surface area (Å²) < 4.78 is 0. The van der Waals surface area contributed by atoms with E-state index < -0.39 is 0 Å². The van der Waals surface area contributed by atoms with Crippen molar-refractivity contribution in [3.8, 4) is 0 Å². The fraction of sp³-hybridized carbons (Fsp3) is 0.786. The van der Waals surface area contributed by atoms with E-state index in [9.17, 15) is 0 Å². The molecular formula is C28H49N. The highest BCUT2D eigenvalue weighted by Gasteiger charge is 2.21. The van der Waals surface area contributed by atoms with Gasteiger partial charge in [0.2, 0.25) is 0 Å². The molecule has 1 heteroatoms. The van der Waals surface area contributed by atoms with Gasteiger partial charge in [-0.05, 0) is 36.8 Å². The van der Waals surface area contributed by atoms with Gasteiger partial charge < -0.3 is 4.90 Å². The normalized spacial score (nSPS) is 14.3. The number of unbranched alkanes of at least 4 members (excludes halogenated alkanes) is 12. The van der Waals surface area contributed by atoms with Gasteiger partial charge in [0.1, 0.15) is 0 Å². The molecular weight excluding hydrogens is 350 g/mol. The molecule has 1 nitrogen and oxygen atoms in total. The van der Waals surface area contributed by atoms with Crippen LogP contribution in [0.4, 0.5) is 5.69 Å². The lowest BCUT2D eigenvalue weighted by Crippen LogP contribution is -2.28. The molecule has 0 saturated heterocycles. The van der Waals surface area contributed by atoms with Gasteiger partial charge in [0, 0.05) is 18.8 Å². The second kappa shape index (κ2) is 15.8. The summed E-state index contributed by atoms with van der Waals surface area (Å²) in [6.07, 6.45) is 24.2. The zero-order valence-electron chi connectivity index (χ0n) is 19.8. The summed E-state index contributed by atoms with van der Waals surface area (Å²) in [4.78, 5) is 2.70. The van der Waals surface area contributed by atoms with E-state index in [4.69, 9.17) is 0 Å². The molecule has 1 aromatic carbocycles. The molecule has 0 spiro atoms. The Hall–Kier alpha value is -0.980. The van der Waals surface area contributed by atoms with Gasteiger partial charge in [-0.3, -0.25) is 0 Å². The molecule has 0 radical (unpaired) electrons. The van der Waals surface area contributed by atoms with Crippen molar-refractivity contribution in [2.75, 3.05) is 18.0 Å².